The summed E-state index contributed by atoms with van der Waals surface area (Å²) in [4.78, 5) is 23.2. The number of aromatic nitrogens is 2. The summed E-state index contributed by atoms with van der Waals surface area (Å²) in [6.07, 6.45) is 3.32. The molecule has 1 amide bonds. The molecule has 1 rings (SSSR count). The largest absolute Gasteiger partial charge is 0.373 e. The fraction of sp³-hybridized carbons (Fsp3) is 0.583. The number of anilines is 1. The van der Waals surface area contributed by atoms with Gasteiger partial charge in [-0.2, -0.15) is 5.10 Å². The van der Waals surface area contributed by atoms with Crippen molar-refractivity contribution in [2.24, 2.45) is 0 Å². The van der Waals surface area contributed by atoms with E-state index in [1.807, 2.05) is 13.8 Å². The highest BCUT2D eigenvalue weighted by molar-refractivity contribution is 6.33. The zero-order chi connectivity index (χ0) is 14.3. The molecule has 1 heterocycles. The van der Waals surface area contributed by atoms with Gasteiger partial charge in [0.1, 0.15) is 5.02 Å². The number of aryl methyl sites for hydroxylation is 1. The van der Waals surface area contributed by atoms with Crippen LogP contribution in [0.4, 0.5) is 5.69 Å². The molecule has 0 fully saturated rings. The highest BCUT2D eigenvalue weighted by Crippen LogP contribution is 2.14. The maximum Gasteiger partial charge on any atom is 0.287 e. The van der Waals surface area contributed by atoms with Crippen LogP contribution in [-0.2, 0) is 11.3 Å². The predicted molar refractivity (Wildman–Crippen MR) is 75.6 cm³/mol. The van der Waals surface area contributed by atoms with Crippen LogP contribution in [0.5, 0.6) is 0 Å². The summed E-state index contributed by atoms with van der Waals surface area (Å²) in [6.45, 7) is 5.04. The molecule has 6 nitrogen and oxygen atoms in total. The Morgan fingerprint density at radius 2 is 2.21 bits per heavy atom. The lowest BCUT2D eigenvalue weighted by Gasteiger charge is -2.09. The van der Waals surface area contributed by atoms with Gasteiger partial charge >= 0.3 is 0 Å². The highest BCUT2D eigenvalue weighted by atomic mass is 35.5. The molecule has 0 radical (unpaired) electrons. The minimum Gasteiger partial charge on any atom is -0.373 e. The average molecular weight is 287 g/mol. The van der Waals surface area contributed by atoms with Gasteiger partial charge < -0.3 is 10.6 Å². The van der Waals surface area contributed by atoms with E-state index in [1.165, 1.54) is 10.9 Å². The fourth-order valence-corrected chi connectivity index (χ4v) is 1.70. The number of nitrogens with zero attached hydrogens (tertiary/aromatic N) is 2. The quantitative estimate of drug-likeness (QED) is 0.791. The summed E-state index contributed by atoms with van der Waals surface area (Å²) >= 11 is 5.97. The van der Waals surface area contributed by atoms with Crippen molar-refractivity contribution in [2.45, 2.75) is 33.2 Å². The lowest BCUT2D eigenvalue weighted by Crippen LogP contribution is -2.30. The van der Waals surface area contributed by atoms with Crippen molar-refractivity contribution in [2.75, 3.05) is 18.4 Å². The number of rotatable bonds is 7. The summed E-state index contributed by atoms with van der Waals surface area (Å²) in [5.74, 6) is -0.159. The minimum atomic E-state index is -0.337. The number of amides is 1. The first kappa shape index (κ1) is 15.5. The molecule has 7 heteroatoms. The molecule has 106 valence electrons. The number of hydrogen-bond donors (Lipinski definition) is 2. The second kappa shape index (κ2) is 7.78. The molecule has 0 saturated heterocycles. The lowest BCUT2D eigenvalue weighted by atomic mass is 10.3. The maximum atomic E-state index is 11.9. The Labute approximate surface area is 117 Å². The summed E-state index contributed by atoms with van der Waals surface area (Å²) in [6, 6.07) is 0. The van der Waals surface area contributed by atoms with Crippen molar-refractivity contribution >= 4 is 23.2 Å². The van der Waals surface area contributed by atoms with E-state index in [2.05, 4.69) is 15.7 Å². The molecule has 0 aliphatic rings. The Bertz CT molecular complexity index is 487. The standard InChI is InChI=1S/C12H19ClN4O2/c1-3-5-6-17-12(19)11(13)9(7-16-17)15-8-10(18)14-4-2/h7,15H,3-6,8H2,1-2H3,(H,14,18). The number of nitrogens with one attached hydrogen (secondary N) is 2. The van der Waals surface area contributed by atoms with Gasteiger partial charge in [-0.25, -0.2) is 4.68 Å². The third kappa shape index (κ3) is 4.55. The number of likely N-dealkylation sites (N-methyl/N-ethyl adjacent to an activating group) is 1. The van der Waals surface area contributed by atoms with Crippen LogP contribution in [0, 0.1) is 0 Å². The van der Waals surface area contributed by atoms with Crippen LogP contribution in [0.2, 0.25) is 5.02 Å². The van der Waals surface area contributed by atoms with Crippen LogP contribution in [0.25, 0.3) is 0 Å². The summed E-state index contributed by atoms with van der Waals surface area (Å²) in [5, 5.41) is 9.53. The zero-order valence-corrected chi connectivity index (χ0v) is 12.0. The van der Waals surface area contributed by atoms with Crippen LogP contribution in [0.3, 0.4) is 0 Å². The topological polar surface area (TPSA) is 76.0 Å². The molecule has 0 saturated carbocycles. The second-order valence-electron chi connectivity index (χ2n) is 4.06. The number of halogens is 1. The first-order valence-electron chi connectivity index (χ1n) is 6.36. The molecular weight excluding hydrogens is 268 g/mol. The third-order valence-corrected chi connectivity index (χ3v) is 2.89. The minimum absolute atomic E-state index is 0.0631. The van der Waals surface area contributed by atoms with Crippen molar-refractivity contribution in [3.8, 4) is 0 Å². The van der Waals surface area contributed by atoms with E-state index in [0.717, 1.165) is 12.8 Å². The van der Waals surface area contributed by atoms with E-state index in [0.29, 0.717) is 18.8 Å². The Morgan fingerprint density at radius 1 is 1.47 bits per heavy atom. The summed E-state index contributed by atoms with van der Waals surface area (Å²) in [7, 11) is 0. The summed E-state index contributed by atoms with van der Waals surface area (Å²) < 4.78 is 1.34. The molecule has 0 aliphatic carbocycles. The molecule has 1 aromatic heterocycles. The second-order valence-corrected chi connectivity index (χ2v) is 4.44. The Kier molecular flexibility index (Phi) is 6.35. The first-order valence-corrected chi connectivity index (χ1v) is 6.74. The molecule has 2 N–H and O–H groups in total. The van der Waals surface area contributed by atoms with Crippen LogP contribution in [0.1, 0.15) is 26.7 Å². The van der Waals surface area contributed by atoms with Gasteiger partial charge in [0.2, 0.25) is 5.91 Å². The lowest BCUT2D eigenvalue weighted by molar-refractivity contribution is -0.119. The number of unbranched alkanes of at least 4 members (excludes halogenated alkanes) is 1. The molecule has 0 aliphatic heterocycles. The molecule has 0 spiro atoms. The van der Waals surface area contributed by atoms with Gasteiger partial charge in [0, 0.05) is 13.1 Å². The molecule has 0 unspecified atom stereocenters. The van der Waals surface area contributed by atoms with Crippen molar-refractivity contribution in [1.29, 1.82) is 0 Å². The fourth-order valence-electron chi connectivity index (χ4n) is 1.49. The number of carbonyl (C=O) groups excluding carboxylic acids is 1. The molecule has 0 aromatic carbocycles. The molecule has 0 atom stereocenters. The average Bonchev–Trinajstić information content (AvgIpc) is 2.40. The van der Waals surface area contributed by atoms with Gasteiger partial charge in [0.15, 0.2) is 0 Å². The summed E-state index contributed by atoms with van der Waals surface area (Å²) in [5.41, 5.74) is 0.0432. The van der Waals surface area contributed by atoms with Crippen molar-refractivity contribution in [3.63, 3.8) is 0 Å². The van der Waals surface area contributed by atoms with Crippen LogP contribution in [-0.4, -0.2) is 28.8 Å². The Hall–Kier alpha value is -1.56. The zero-order valence-electron chi connectivity index (χ0n) is 11.2. The van der Waals surface area contributed by atoms with Crippen LogP contribution < -0.4 is 16.2 Å². The molecular formula is C12H19ClN4O2. The van der Waals surface area contributed by atoms with E-state index in [4.69, 9.17) is 11.6 Å². The van der Waals surface area contributed by atoms with Crippen molar-refractivity contribution < 1.29 is 4.79 Å². The van der Waals surface area contributed by atoms with Crippen LogP contribution in [0.15, 0.2) is 11.0 Å². The first-order chi connectivity index (χ1) is 9.10. The van der Waals surface area contributed by atoms with E-state index in [1.54, 1.807) is 0 Å². The monoisotopic (exact) mass is 286 g/mol. The van der Waals surface area contributed by atoms with Crippen molar-refractivity contribution in [1.82, 2.24) is 15.1 Å². The van der Waals surface area contributed by atoms with Gasteiger partial charge in [0.25, 0.3) is 5.56 Å². The van der Waals surface area contributed by atoms with Gasteiger partial charge in [-0.1, -0.05) is 24.9 Å². The van der Waals surface area contributed by atoms with Crippen LogP contribution >= 0.6 is 11.6 Å². The van der Waals surface area contributed by atoms with E-state index < -0.39 is 0 Å². The molecule has 0 bridgehead atoms. The SMILES string of the molecule is CCCCn1ncc(NCC(=O)NCC)c(Cl)c1=O. The van der Waals surface area contributed by atoms with E-state index in [-0.39, 0.29) is 23.0 Å². The normalized spacial score (nSPS) is 10.3. The number of carbonyl (C=O) groups is 1. The van der Waals surface area contributed by atoms with Crippen molar-refractivity contribution in [3.05, 3.63) is 21.6 Å². The predicted octanol–water partition coefficient (Wildman–Crippen LogP) is 1.24. The molecule has 19 heavy (non-hydrogen) atoms. The van der Waals surface area contributed by atoms with Gasteiger partial charge in [-0.15, -0.1) is 0 Å². The third-order valence-electron chi connectivity index (χ3n) is 2.52. The smallest absolute Gasteiger partial charge is 0.287 e. The Balaban J connectivity index is 2.73. The number of hydrogen-bond acceptors (Lipinski definition) is 4. The molecule has 1 aromatic rings. The Morgan fingerprint density at radius 3 is 2.84 bits per heavy atom. The van der Waals surface area contributed by atoms with E-state index >= 15 is 0 Å². The highest BCUT2D eigenvalue weighted by Gasteiger charge is 2.09. The van der Waals surface area contributed by atoms with E-state index in [9.17, 15) is 9.59 Å². The maximum absolute atomic E-state index is 11.9. The van der Waals surface area contributed by atoms with Gasteiger partial charge in [0.05, 0.1) is 18.4 Å². The van der Waals surface area contributed by atoms with Gasteiger partial charge in [-0.05, 0) is 13.3 Å². The van der Waals surface area contributed by atoms with Gasteiger partial charge in [-0.3, -0.25) is 9.59 Å².